The Morgan fingerprint density at radius 2 is 1.05 bits per heavy atom. The number of nitrogens with zero attached hydrogens (tertiary/aromatic N) is 3. The van der Waals surface area contributed by atoms with Crippen LogP contribution in [0.4, 0.5) is 26.3 Å². The molecule has 698 valence electrons. The molecule has 0 aromatic heterocycles. The molecule has 26 nitrogen and oxygen atoms in total. The first-order valence-corrected chi connectivity index (χ1v) is 45.1. The molecular formula is C91H142F6N6O20. The van der Waals surface area contributed by atoms with Crippen molar-refractivity contribution in [2.45, 2.75) is 200 Å². The summed E-state index contributed by atoms with van der Waals surface area (Å²) in [5, 5.41) is 5.36. The molecule has 6 fully saturated rings. The molecule has 2 saturated heterocycles. The van der Waals surface area contributed by atoms with Crippen LogP contribution in [0.25, 0.3) is 0 Å². The van der Waals surface area contributed by atoms with Gasteiger partial charge >= 0.3 is 18.3 Å². The largest absolute Gasteiger partial charge is 0.462 e. The van der Waals surface area contributed by atoms with E-state index in [4.69, 9.17) is 67.3 Å². The highest BCUT2D eigenvalue weighted by atomic mass is 19.4. The van der Waals surface area contributed by atoms with Gasteiger partial charge in [-0.25, -0.2) is 0 Å². The Balaban J connectivity index is 0.512. The number of nitrogens with two attached hydrogens (primary N) is 1. The van der Waals surface area contributed by atoms with Crippen LogP contribution >= 0.6 is 0 Å². The number of aryl methyl sites for hydroxylation is 1. The lowest BCUT2D eigenvalue weighted by molar-refractivity contribution is -0.164. The molecule has 6 amide bonds. The van der Waals surface area contributed by atoms with Crippen molar-refractivity contribution < 1.29 is 121 Å². The molecule has 0 unspecified atom stereocenters. The van der Waals surface area contributed by atoms with Crippen LogP contribution in [0.1, 0.15) is 190 Å². The summed E-state index contributed by atoms with van der Waals surface area (Å²) in [5.41, 5.74) is 4.78. The number of amides is 6. The Kier molecular flexibility index (Phi) is 44.0. The van der Waals surface area contributed by atoms with Crippen LogP contribution < -0.4 is 16.4 Å². The standard InChI is InChI=1S/C91H142F6N6O20/c1-64(2)11-10-13-66(4)77-17-18-78-75-16-15-69-60-72(21-27-88(69,5)79(75)22-28-89(77,78)6)123-84(107)61-80(85(98)108)100-82(105)26-33-111-35-37-113-39-41-115-43-45-117-47-49-119-51-53-121-55-56-122-54-52-120-50-48-118-46-44-116-42-40-114-38-36-112-34-29-99-81(104)19-20-83(106)102-30-23-68(24-31-102)86(109)103-32-25-74(76(63-103)73-14-9-8-12-65(73)3)87(110)101(7)62-67-57-70(90(92,93)94)59-71(58-67)91(95,96)97/h8-9,12,14,57-59,64,66,68-69,72,74-80H,10-11,13,15-56,60-63H2,1-7H3,(H2,98,108)(H,99,104)(H,100,105)/t66-,69+,72+,74+,75+,76-,77-,78+,79+,80+,88+,89-/m1/s1. The number of piperidine rings is 2. The van der Waals surface area contributed by atoms with Gasteiger partial charge in [0.15, 0.2) is 0 Å². The van der Waals surface area contributed by atoms with E-state index in [2.05, 4.69) is 45.3 Å². The third kappa shape index (κ3) is 33.8. The van der Waals surface area contributed by atoms with Crippen molar-refractivity contribution in [3.63, 3.8) is 0 Å². The minimum absolute atomic E-state index is 0.00597. The smallest absolute Gasteiger partial charge is 0.416 e. The Morgan fingerprint density at radius 1 is 0.553 bits per heavy atom. The number of rotatable bonds is 57. The second-order valence-corrected chi connectivity index (χ2v) is 35.2. The summed E-state index contributed by atoms with van der Waals surface area (Å²) in [5.74, 6) is 0.813. The fourth-order valence-electron chi connectivity index (χ4n) is 19.8. The Morgan fingerprint density at radius 3 is 1.56 bits per heavy atom. The van der Waals surface area contributed by atoms with Gasteiger partial charge in [0.1, 0.15) is 12.1 Å². The molecule has 8 rings (SSSR count). The summed E-state index contributed by atoms with van der Waals surface area (Å²) < 4.78 is 155. The number of benzene rings is 2. The van der Waals surface area contributed by atoms with Crippen LogP contribution in [0, 0.1) is 71.0 Å². The third-order valence-corrected chi connectivity index (χ3v) is 26.3. The molecular weight excluding hydrogens is 1610 g/mol. The van der Waals surface area contributed by atoms with E-state index < -0.39 is 77.5 Å². The van der Waals surface area contributed by atoms with E-state index in [-0.39, 0.29) is 112 Å². The van der Waals surface area contributed by atoms with Gasteiger partial charge in [-0.1, -0.05) is 78.1 Å². The van der Waals surface area contributed by atoms with Crippen LogP contribution in [0.15, 0.2) is 42.5 Å². The second-order valence-electron chi connectivity index (χ2n) is 35.2. The van der Waals surface area contributed by atoms with E-state index in [0.29, 0.717) is 188 Å². The van der Waals surface area contributed by atoms with Crippen molar-refractivity contribution >= 4 is 41.4 Å². The molecule has 0 radical (unpaired) electrons. The predicted molar refractivity (Wildman–Crippen MR) is 446 cm³/mol. The number of primary amides is 1. The SMILES string of the molecule is Cc1ccccc1[C@H]1CN(C(=O)C2CCN(C(=O)CCC(=O)NCCOCCOCCOCCOCCOCCOCCOCCOCCOCCOCCOCCOCCC(=O)N[C@@H](CC(=O)O[C@H]3CC[C@@]4(C)[C@@H](CC[C@@H]5[C@@H]4CC[C@]4(C)[C@@H]([C@H](C)CCCC(C)C)CC[C@@H]54)C3)C(N)=O)CC2)CC[C@@H]1C(=O)N(C)Cc1cc(C(F)(F)F)cc(C(F)(F)F)c1. The van der Waals surface area contributed by atoms with Crippen LogP contribution in [0.5, 0.6) is 0 Å². The number of fused-ring (bicyclic) bond motifs is 5. The van der Waals surface area contributed by atoms with Gasteiger partial charge in [0.2, 0.25) is 35.4 Å². The molecule has 2 aromatic rings. The van der Waals surface area contributed by atoms with Gasteiger partial charge in [0.05, 0.1) is 176 Å². The number of likely N-dealkylation sites (tertiary alicyclic amines) is 2. The molecule has 12 atom stereocenters. The number of carbonyl (C=O) groups is 7. The zero-order valence-electron chi connectivity index (χ0n) is 74.0. The van der Waals surface area contributed by atoms with Gasteiger partial charge in [-0.3, -0.25) is 33.6 Å². The van der Waals surface area contributed by atoms with Crippen molar-refractivity contribution in [2.75, 3.05) is 198 Å². The first kappa shape index (κ1) is 102. The quantitative estimate of drug-likeness (QED) is 0.0315. The topological polar surface area (TPSA) is 299 Å². The van der Waals surface area contributed by atoms with E-state index in [0.717, 1.165) is 70.8 Å². The molecule has 2 aromatic carbocycles. The first-order valence-electron chi connectivity index (χ1n) is 45.1. The summed E-state index contributed by atoms with van der Waals surface area (Å²) in [4.78, 5) is 96.8. The summed E-state index contributed by atoms with van der Waals surface area (Å²) in [6.07, 6.45) is 5.04. The van der Waals surface area contributed by atoms with E-state index >= 15 is 0 Å². The molecule has 4 saturated carbocycles. The fraction of sp³-hybridized carbons (Fsp3) is 0.791. The van der Waals surface area contributed by atoms with Gasteiger partial charge in [0.25, 0.3) is 0 Å². The normalized spacial score (nSPS) is 23.6. The number of esters is 1. The van der Waals surface area contributed by atoms with Gasteiger partial charge in [-0.15, -0.1) is 0 Å². The Labute approximate surface area is 724 Å². The van der Waals surface area contributed by atoms with Crippen LogP contribution in [0.2, 0.25) is 0 Å². The average Bonchev–Trinajstić information content (AvgIpc) is 1.64. The van der Waals surface area contributed by atoms with Crippen LogP contribution in [-0.2, 0) is 114 Å². The van der Waals surface area contributed by atoms with E-state index in [9.17, 15) is 59.9 Å². The number of carbonyl (C=O) groups excluding carboxylic acids is 7. The monoisotopic (exact) mass is 1750 g/mol. The molecule has 32 heteroatoms. The summed E-state index contributed by atoms with van der Waals surface area (Å²) in [6.45, 7) is 23.9. The fourth-order valence-corrected chi connectivity index (χ4v) is 19.8. The van der Waals surface area contributed by atoms with Crippen molar-refractivity contribution in [1.82, 2.24) is 25.3 Å². The Hall–Kier alpha value is -6.17. The summed E-state index contributed by atoms with van der Waals surface area (Å²) >= 11 is 0. The molecule has 123 heavy (non-hydrogen) atoms. The minimum atomic E-state index is -5.04. The predicted octanol–water partition coefficient (Wildman–Crippen LogP) is 11.7. The number of hydrogen-bond acceptors (Lipinski definition) is 20. The van der Waals surface area contributed by atoms with Crippen LogP contribution in [-0.4, -0.2) is 267 Å². The molecule has 0 bridgehead atoms. The number of nitrogens with one attached hydrogen (secondary N) is 2. The van der Waals surface area contributed by atoms with Crippen LogP contribution in [0.3, 0.4) is 0 Å². The van der Waals surface area contributed by atoms with Crippen molar-refractivity contribution in [2.24, 2.45) is 69.8 Å². The zero-order valence-corrected chi connectivity index (χ0v) is 74.0. The number of halogens is 6. The maximum absolute atomic E-state index is 14.1. The lowest BCUT2D eigenvalue weighted by Crippen LogP contribution is -2.54. The molecule has 6 aliphatic rings. The van der Waals surface area contributed by atoms with Gasteiger partial charge in [-0.2, -0.15) is 26.3 Å². The second kappa shape index (κ2) is 53.0. The number of hydrogen-bond donors (Lipinski definition) is 3. The zero-order chi connectivity index (χ0) is 88.8. The molecule has 2 heterocycles. The lowest BCUT2D eigenvalue weighted by atomic mass is 9.44. The third-order valence-electron chi connectivity index (χ3n) is 26.3. The maximum Gasteiger partial charge on any atom is 0.416 e. The highest BCUT2D eigenvalue weighted by Gasteiger charge is 2.61. The molecule has 0 spiro atoms. The van der Waals surface area contributed by atoms with E-state index in [1.807, 2.05) is 25.1 Å². The lowest BCUT2D eigenvalue weighted by Gasteiger charge is -2.61. The van der Waals surface area contributed by atoms with Gasteiger partial charge in [0, 0.05) is 83.3 Å². The summed E-state index contributed by atoms with van der Waals surface area (Å²) in [7, 11) is 1.35. The number of alkyl halides is 6. The summed E-state index contributed by atoms with van der Waals surface area (Å²) in [6, 6.07) is 7.49. The minimum Gasteiger partial charge on any atom is -0.462 e. The van der Waals surface area contributed by atoms with E-state index in [1.54, 1.807) is 15.9 Å². The molecule has 2 aliphatic heterocycles. The molecule has 4 aliphatic carbocycles. The highest BCUT2D eigenvalue weighted by Crippen LogP contribution is 2.68. The molecule has 4 N–H and O–H groups in total. The average molecular weight is 1750 g/mol. The van der Waals surface area contributed by atoms with Crippen molar-refractivity contribution in [3.8, 4) is 0 Å². The maximum atomic E-state index is 14.1. The van der Waals surface area contributed by atoms with Gasteiger partial charge in [-0.05, 0) is 171 Å². The van der Waals surface area contributed by atoms with E-state index in [1.165, 1.54) is 64.8 Å². The highest BCUT2D eigenvalue weighted by molar-refractivity contribution is 5.90. The first-order chi connectivity index (χ1) is 59.0. The van der Waals surface area contributed by atoms with Crippen molar-refractivity contribution in [3.05, 3.63) is 70.3 Å². The van der Waals surface area contributed by atoms with Crippen molar-refractivity contribution in [1.29, 1.82) is 0 Å². The number of ether oxygens (including phenoxy) is 13. The van der Waals surface area contributed by atoms with Gasteiger partial charge < -0.3 is 92.6 Å². The Bertz CT molecular complexity index is 3470.